The summed E-state index contributed by atoms with van der Waals surface area (Å²) in [5, 5.41) is 1.04. The van der Waals surface area contributed by atoms with E-state index < -0.39 is 0 Å². The molecular weight excluding hydrogens is 276 g/mol. The molecule has 0 fully saturated rings. The van der Waals surface area contributed by atoms with Gasteiger partial charge < -0.3 is 9.32 Å². The van der Waals surface area contributed by atoms with Crippen LogP contribution in [0.15, 0.2) is 52.9 Å². The summed E-state index contributed by atoms with van der Waals surface area (Å²) in [4.78, 5) is 18.5. The van der Waals surface area contributed by atoms with E-state index in [0.717, 1.165) is 22.4 Å². The zero-order valence-electron chi connectivity index (χ0n) is 12.9. The summed E-state index contributed by atoms with van der Waals surface area (Å²) >= 11 is 0. The van der Waals surface area contributed by atoms with E-state index >= 15 is 0 Å². The number of aryl methyl sites for hydroxylation is 1. The highest BCUT2D eigenvalue weighted by Crippen LogP contribution is 2.27. The summed E-state index contributed by atoms with van der Waals surface area (Å²) in [6.45, 7) is 3.82. The van der Waals surface area contributed by atoms with E-state index in [1.807, 2.05) is 56.3 Å². The average Bonchev–Trinajstić information content (AvgIpc) is 2.96. The lowest BCUT2D eigenvalue weighted by Gasteiger charge is -2.23. The SMILES string of the molecule is Cc1cccc(C(=O)N(C)C(C)c2cc3ccccc3o2)n1. The van der Waals surface area contributed by atoms with E-state index in [-0.39, 0.29) is 11.9 Å². The van der Waals surface area contributed by atoms with Gasteiger partial charge in [-0.2, -0.15) is 0 Å². The first-order valence-electron chi connectivity index (χ1n) is 7.25. The second-order valence-electron chi connectivity index (χ2n) is 5.44. The third kappa shape index (κ3) is 2.60. The maximum atomic E-state index is 12.5. The topological polar surface area (TPSA) is 46.3 Å². The lowest BCUT2D eigenvalue weighted by molar-refractivity contribution is 0.0721. The summed E-state index contributed by atoms with van der Waals surface area (Å²) in [6, 6.07) is 15.1. The minimum Gasteiger partial charge on any atom is -0.459 e. The Labute approximate surface area is 129 Å². The zero-order valence-corrected chi connectivity index (χ0v) is 12.9. The second kappa shape index (κ2) is 5.64. The Morgan fingerprint density at radius 2 is 1.95 bits per heavy atom. The van der Waals surface area contributed by atoms with E-state index in [1.54, 1.807) is 18.0 Å². The van der Waals surface area contributed by atoms with Crippen LogP contribution >= 0.6 is 0 Å². The number of aromatic nitrogens is 1. The fourth-order valence-electron chi connectivity index (χ4n) is 2.42. The van der Waals surface area contributed by atoms with Gasteiger partial charge in [0.2, 0.25) is 0 Å². The molecule has 22 heavy (non-hydrogen) atoms. The third-order valence-corrected chi connectivity index (χ3v) is 3.87. The van der Waals surface area contributed by atoms with Crippen LogP contribution in [0.5, 0.6) is 0 Å². The normalized spacial score (nSPS) is 12.3. The Morgan fingerprint density at radius 1 is 1.18 bits per heavy atom. The van der Waals surface area contributed by atoms with Crippen molar-refractivity contribution in [2.24, 2.45) is 0 Å². The van der Waals surface area contributed by atoms with E-state index in [9.17, 15) is 4.79 Å². The van der Waals surface area contributed by atoms with Gasteiger partial charge in [0.15, 0.2) is 0 Å². The van der Waals surface area contributed by atoms with E-state index in [2.05, 4.69) is 4.98 Å². The molecule has 0 N–H and O–H groups in total. The van der Waals surface area contributed by atoms with Gasteiger partial charge in [-0.25, -0.2) is 4.98 Å². The molecule has 1 aromatic carbocycles. The Hall–Kier alpha value is -2.62. The molecular formula is C18H18N2O2. The molecule has 0 saturated carbocycles. The summed E-state index contributed by atoms with van der Waals surface area (Å²) in [6.07, 6.45) is 0. The molecule has 0 radical (unpaired) electrons. The molecule has 4 nitrogen and oxygen atoms in total. The zero-order chi connectivity index (χ0) is 15.7. The number of hydrogen-bond donors (Lipinski definition) is 0. The van der Waals surface area contributed by atoms with Crippen LogP contribution in [-0.4, -0.2) is 22.8 Å². The highest BCUT2D eigenvalue weighted by Gasteiger charge is 2.22. The van der Waals surface area contributed by atoms with Crippen LogP contribution in [-0.2, 0) is 0 Å². The number of benzene rings is 1. The lowest BCUT2D eigenvalue weighted by atomic mass is 10.2. The van der Waals surface area contributed by atoms with Crippen molar-refractivity contribution < 1.29 is 9.21 Å². The molecule has 4 heteroatoms. The number of carbonyl (C=O) groups excluding carboxylic acids is 1. The number of pyridine rings is 1. The average molecular weight is 294 g/mol. The molecule has 0 aliphatic carbocycles. The Bertz CT molecular complexity index is 790. The summed E-state index contributed by atoms with van der Waals surface area (Å²) in [7, 11) is 1.77. The number of para-hydroxylation sites is 1. The highest BCUT2D eigenvalue weighted by molar-refractivity contribution is 5.92. The fourth-order valence-corrected chi connectivity index (χ4v) is 2.42. The molecule has 1 amide bonds. The minimum atomic E-state index is -0.165. The maximum Gasteiger partial charge on any atom is 0.272 e. The van der Waals surface area contributed by atoms with Crippen molar-refractivity contribution in [2.75, 3.05) is 7.05 Å². The predicted octanol–water partition coefficient (Wildman–Crippen LogP) is 3.97. The van der Waals surface area contributed by atoms with Gasteiger partial charge in [-0.1, -0.05) is 24.3 Å². The molecule has 3 aromatic rings. The smallest absolute Gasteiger partial charge is 0.272 e. The molecule has 1 atom stereocenters. The van der Waals surface area contributed by atoms with Gasteiger partial charge in [0.25, 0.3) is 5.91 Å². The fraction of sp³-hybridized carbons (Fsp3) is 0.222. The monoisotopic (exact) mass is 294 g/mol. The van der Waals surface area contributed by atoms with Crippen LogP contribution in [0, 0.1) is 6.92 Å². The number of nitrogens with zero attached hydrogens (tertiary/aromatic N) is 2. The standard InChI is InChI=1S/C18H18N2O2/c1-12-7-6-9-15(19-12)18(21)20(3)13(2)17-11-14-8-4-5-10-16(14)22-17/h4-11,13H,1-3H3. The molecule has 112 valence electrons. The lowest BCUT2D eigenvalue weighted by Crippen LogP contribution is -2.30. The maximum absolute atomic E-state index is 12.5. The molecule has 0 bridgehead atoms. The van der Waals surface area contributed by atoms with E-state index in [0.29, 0.717) is 5.69 Å². The molecule has 1 unspecified atom stereocenters. The van der Waals surface area contributed by atoms with E-state index in [1.165, 1.54) is 0 Å². The first kappa shape index (κ1) is 14.3. The van der Waals surface area contributed by atoms with Gasteiger partial charge in [0.05, 0.1) is 6.04 Å². The van der Waals surface area contributed by atoms with Crippen molar-refractivity contribution in [2.45, 2.75) is 19.9 Å². The highest BCUT2D eigenvalue weighted by atomic mass is 16.3. The number of amides is 1. The van der Waals surface area contributed by atoms with Crippen molar-refractivity contribution in [3.8, 4) is 0 Å². The number of furan rings is 1. The van der Waals surface area contributed by atoms with E-state index in [4.69, 9.17) is 4.42 Å². The number of hydrogen-bond acceptors (Lipinski definition) is 3. The Balaban J connectivity index is 1.87. The number of carbonyl (C=O) groups is 1. The largest absolute Gasteiger partial charge is 0.459 e. The van der Waals surface area contributed by atoms with Gasteiger partial charge in [-0.15, -0.1) is 0 Å². The molecule has 3 rings (SSSR count). The van der Waals surface area contributed by atoms with Gasteiger partial charge in [0, 0.05) is 18.1 Å². The first-order valence-corrected chi connectivity index (χ1v) is 7.25. The molecule has 0 saturated heterocycles. The Kier molecular flexibility index (Phi) is 3.67. The molecule has 2 aromatic heterocycles. The van der Waals surface area contributed by atoms with Crippen LogP contribution in [0.3, 0.4) is 0 Å². The number of fused-ring (bicyclic) bond motifs is 1. The molecule has 0 aliphatic heterocycles. The van der Waals surface area contributed by atoms with Crippen LogP contribution in [0.1, 0.15) is 34.9 Å². The summed E-state index contributed by atoms with van der Waals surface area (Å²) < 4.78 is 5.85. The summed E-state index contributed by atoms with van der Waals surface area (Å²) in [5.74, 6) is 0.654. The quantitative estimate of drug-likeness (QED) is 0.734. The number of rotatable bonds is 3. The van der Waals surface area contributed by atoms with Crippen LogP contribution in [0.25, 0.3) is 11.0 Å². The first-order chi connectivity index (χ1) is 10.6. The van der Waals surface area contributed by atoms with Crippen LogP contribution in [0.2, 0.25) is 0 Å². The van der Waals surface area contributed by atoms with Gasteiger partial charge >= 0.3 is 0 Å². The van der Waals surface area contributed by atoms with Gasteiger partial charge in [-0.3, -0.25) is 4.79 Å². The van der Waals surface area contributed by atoms with Crippen molar-refractivity contribution in [3.05, 3.63) is 65.7 Å². The van der Waals surface area contributed by atoms with Crippen molar-refractivity contribution in [3.63, 3.8) is 0 Å². The van der Waals surface area contributed by atoms with Crippen LogP contribution < -0.4 is 0 Å². The van der Waals surface area contributed by atoms with Gasteiger partial charge in [0.1, 0.15) is 17.0 Å². The van der Waals surface area contributed by atoms with Crippen molar-refractivity contribution in [1.82, 2.24) is 9.88 Å². The third-order valence-electron chi connectivity index (χ3n) is 3.87. The molecule has 2 heterocycles. The molecule has 0 spiro atoms. The van der Waals surface area contributed by atoms with Crippen molar-refractivity contribution in [1.29, 1.82) is 0 Å². The Morgan fingerprint density at radius 3 is 2.68 bits per heavy atom. The molecule has 0 aliphatic rings. The minimum absolute atomic E-state index is 0.114. The summed E-state index contributed by atoms with van der Waals surface area (Å²) in [5.41, 5.74) is 2.11. The van der Waals surface area contributed by atoms with Gasteiger partial charge in [-0.05, 0) is 38.1 Å². The van der Waals surface area contributed by atoms with Crippen molar-refractivity contribution >= 4 is 16.9 Å². The second-order valence-corrected chi connectivity index (χ2v) is 5.44. The van der Waals surface area contributed by atoms with Crippen LogP contribution in [0.4, 0.5) is 0 Å². The predicted molar refractivity (Wildman–Crippen MR) is 85.7 cm³/mol.